The average molecular weight is 406 g/mol. The molecule has 0 atom stereocenters. The van der Waals surface area contributed by atoms with E-state index in [-0.39, 0.29) is 0 Å². The summed E-state index contributed by atoms with van der Waals surface area (Å²) in [5.74, 6) is 0.783. The summed E-state index contributed by atoms with van der Waals surface area (Å²) in [7, 11) is 1.69. The van der Waals surface area contributed by atoms with Crippen LogP contribution >= 0.6 is 0 Å². The number of rotatable bonds is 5. The zero-order valence-electron chi connectivity index (χ0n) is 17.5. The van der Waals surface area contributed by atoms with E-state index in [1.54, 1.807) is 19.8 Å². The number of methoxy groups -OCH3 is 1. The Morgan fingerprint density at radius 1 is 0.903 bits per heavy atom. The minimum absolute atomic E-state index is 0.769. The van der Waals surface area contributed by atoms with E-state index >= 15 is 0 Å². The summed E-state index contributed by atoms with van der Waals surface area (Å²) in [6.45, 7) is 1.97. The predicted molar refractivity (Wildman–Crippen MR) is 123 cm³/mol. The van der Waals surface area contributed by atoms with E-state index in [4.69, 9.17) is 4.74 Å². The molecule has 31 heavy (non-hydrogen) atoms. The van der Waals surface area contributed by atoms with E-state index < -0.39 is 0 Å². The van der Waals surface area contributed by atoms with Crippen molar-refractivity contribution in [2.75, 3.05) is 7.11 Å². The lowest BCUT2D eigenvalue weighted by Gasteiger charge is -2.13. The van der Waals surface area contributed by atoms with Crippen molar-refractivity contribution in [1.29, 1.82) is 0 Å². The highest BCUT2D eigenvalue weighted by Crippen LogP contribution is 2.33. The molecule has 2 aromatic heterocycles. The van der Waals surface area contributed by atoms with Crippen molar-refractivity contribution in [3.8, 4) is 22.6 Å². The van der Waals surface area contributed by atoms with Crippen molar-refractivity contribution in [3.05, 3.63) is 103 Å². The smallest absolute Gasteiger partial charge is 0.143 e. The molecule has 0 saturated carbocycles. The molecule has 0 spiro atoms. The van der Waals surface area contributed by atoms with Gasteiger partial charge in [0, 0.05) is 23.6 Å². The van der Waals surface area contributed by atoms with Crippen LogP contribution in [0.2, 0.25) is 0 Å². The Morgan fingerprint density at radius 3 is 2.55 bits per heavy atom. The second-order valence-corrected chi connectivity index (χ2v) is 7.49. The van der Waals surface area contributed by atoms with E-state index in [1.165, 1.54) is 5.56 Å². The Morgan fingerprint density at radius 2 is 1.77 bits per heavy atom. The molecule has 0 amide bonds. The molecule has 5 aromatic rings. The zero-order valence-corrected chi connectivity index (χ0v) is 17.5. The van der Waals surface area contributed by atoms with Gasteiger partial charge in [-0.15, -0.1) is 0 Å². The third-order valence-corrected chi connectivity index (χ3v) is 5.44. The number of para-hydroxylation sites is 1. The van der Waals surface area contributed by atoms with Gasteiger partial charge in [-0.2, -0.15) is 0 Å². The minimum Gasteiger partial charge on any atom is -0.495 e. The first-order chi connectivity index (χ1) is 15.2. The summed E-state index contributed by atoms with van der Waals surface area (Å²) < 4.78 is 7.68. The molecule has 0 N–H and O–H groups in total. The molecule has 3 aromatic carbocycles. The fourth-order valence-corrected chi connectivity index (χ4v) is 3.92. The van der Waals surface area contributed by atoms with Crippen LogP contribution < -0.4 is 4.74 Å². The molecule has 5 rings (SSSR count). The van der Waals surface area contributed by atoms with Gasteiger partial charge in [-0.05, 0) is 30.2 Å². The third-order valence-electron chi connectivity index (χ3n) is 5.44. The van der Waals surface area contributed by atoms with Crippen LogP contribution in [0.4, 0.5) is 0 Å². The molecule has 5 nitrogen and oxygen atoms in total. The molecule has 0 bridgehead atoms. The molecule has 0 aliphatic carbocycles. The number of fused-ring (bicyclic) bond motifs is 1. The van der Waals surface area contributed by atoms with Gasteiger partial charge in [-0.3, -0.25) is 0 Å². The van der Waals surface area contributed by atoms with Crippen molar-refractivity contribution < 1.29 is 4.74 Å². The van der Waals surface area contributed by atoms with Crippen LogP contribution in [-0.4, -0.2) is 26.6 Å². The molecule has 0 radical (unpaired) electrons. The lowest BCUT2D eigenvalue weighted by Crippen LogP contribution is -1.98. The highest BCUT2D eigenvalue weighted by Gasteiger charge is 2.13. The molecule has 0 saturated heterocycles. The maximum atomic E-state index is 5.70. The standard InChI is InChI=1S/C26H22N4O/c1-18-15-30(17-29-18)24-12-11-20(14-25(24)31-2)21-9-6-10-22-23(27-16-28-26(21)22)13-19-7-4-3-5-8-19/h3-12,14-17H,13H2,1-2H3. The number of benzene rings is 3. The number of aromatic nitrogens is 4. The molecule has 0 aliphatic rings. The maximum absolute atomic E-state index is 5.70. The average Bonchev–Trinajstić information content (AvgIpc) is 3.25. The van der Waals surface area contributed by atoms with E-state index in [0.717, 1.165) is 51.3 Å². The summed E-state index contributed by atoms with van der Waals surface area (Å²) in [6, 6.07) is 22.9. The summed E-state index contributed by atoms with van der Waals surface area (Å²) in [5, 5.41) is 1.07. The monoisotopic (exact) mass is 406 g/mol. The van der Waals surface area contributed by atoms with Gasteiger partial charge in [0.05, 0.1) is 36.0 Å². The number of nitrogens with zero attached hydrogens (tertiary/aromatic N) is 4. The van der Waals surface area contributed by atoms with Gasteiger partial charge >= 0.3 is 0 Å². The van der Waals surface area contributed by atoms with Gasteiger partial charge in [0.25, 0.3) is 0 Å². The number of hydrogen-bond acceptors (Lipinski definition) is 4. The summed E-state index contributed by atoms with van der Waals surface area (Å²) >= 11 is 0. The van der Waals surface area contributed by atoms with Crippen molar-refractivity contribution in [1.82, 2.24) is 19.5 Å². The Labute approximate surface area is 181 Å². The van der Waals surface area contributed by atoms with E-state index in [0.29, 0.717) is 0 Å². The highest BCUT2D eigenvalue weighted by molar-refractivity contribution is 5.95. The van der Waals surface area contributed by atoms with E-state index in [1.807, 2.05) is 23.8 Å². The van der Waals surface area contributed by atoms with Gasteiger partial charge in [0.1, 0.15) is 12.1 Å². The van der Waals surface area contributed by atoms with Crippen LogP contribution in [0.1, 0.15) is 17.0 Å². The first kappa shape index (κ1) is 19.0. The van der Waals surface area contributed by atoms with E-state index in [2.05, 4.69) is 75.6 Å². The molecule has 152 valence electrons. The second kappa shape index (κ2) is 8.03. The van der Waals surface area contributed by atoms with Crippen molar-refractivity contribution in [2.45, 2.75) is 13.3 Å². The summed E-state index contributed by atoms with van der Waals surface area (Å²) in [4.78, 5) is 13.5. The van der Waals surface area contributed by atoms with Crippen LogP contribution in [0.5, 0.6) is 5.75 Å². The van der Waals surface area contributed by atoms with E-state index in [9.17, 15) is 0 Å². The van der Waals surface area contributed by atoms with Gasteiger partial charge in [0.2, 0.25) is 0 Å². The van der Waals surface area contributed by atoms with Crippen LogP contribution in [0.3, 0.4) is 0 Å². The van der Waals surface area contributed by atoms with Gasteiger partial charge < -0.3 is 9.30 Å². The van der Waals surface area contributed by atoms with Crippen molar-refractivity contribution in [3.63, 3.8) is 0 Å². The fourth-order valence-electron chi connectivity index (χ4n) is 3.92. The van der Waals surface area contributed by atoms with Crippen molar-refractivity contribution >= 4 is 10.9 Å². The van der Waals surface area contributed by atoms with Gasteiger partial charge in [0.15, 0.2) is 0 Å². The summed E-state index contributed by atoms with van der Waals surface area (Å²) in [6.07, 6.45) is 6.21. The first-order valence-electron chi connectivity index (χ1n) is 10.2. The molecular weight excluding hydrogens is 384 g/mol. The number of imidazole rings is 1. The van der Waals surface area contributed by atoms with Crippen LogP contribution in [0.15, 0.2) is 85.6 Å². The molecule has 0 fully saturated rings. The lowest BCUT2D eigenvalue weighted by atomic mass is 9.99. The topological polar surface area (TPSA) is 52.8 Å². The molecule has 5 heteroatoms. The van der Waals surface area contributed by atoms with Crippen molar-refractivity contribution in [2.24, 2.45) is 0 Å². The second-order valence-electron chi connectivity index (χ2n) is 7.49. The normalized spacial score (nSPS) is 11.0. The SMILES string of the molecule is COc1cc(-c2cccc3c(Cc4ccccc4)ncnc23)ccc1-n1cnc(C)c1. The van der Waals surface area contributed by atoms with Crippen LogP contribution in [-0.2, 0) is 6.42 Å². The predicted octanol–water partition coefficient (Wildman–Crippen LogP) is 5.39. The molecule has 2 heterocycles. The molecular formula is C26H22N4O. The fraction of sp³-hybridized carbons (Fsp3) is 0.115. The minimum atomic E-state index is 0.769. The number of aryl methyl sites for hydroxylation is 1. The van der Waals surface area contributed by atoms with Gasteiger partial charge in [-0.25, -0.2) is 15.0 Å². The number of hydrogen-bond donors (Lipinski definition) is 0. The highest BCUT2D eigenvalue weighted by atomic mass is 16.5. The Hall–Kier alpha value is -3.99. The Balaban J connectivity index is 1.60. The molecule has 0 unspecified atom stereocenters. The lowest BCUT2D eigenvalue weighted by molar-refractivity contribution is 0.413. The Kier molecular flexibility index (Phi) is 4.92. The van der Waals surface area contributed by atoms with Crippen LogP contribution in [0.25, 0.3) is 27.7 Å². The van der Waals surface area contributed by atoms with Crippen LogP contribution in [0, 0.1) is 6.92 Å². The molecule has 0 aliphatic heterocycles. The largest absolute Gasteiger partial charge is 0.495 e. The number of ether oxygens (including phenoxy) is 1. The van der Waals surface area contributed by atoms with Gasteiger partial charge in [-0.1, -0.05) is 54.6 Å². The summed E-state index contributed by atoms with van der Waals surface area (Å²) in [5.41, 5.74) is 7.21. The quantitative estimate of drug-likeness (QED) is 0.393. The first-order valence-corrected chi connectivity index (χ1v) is 10.2. The maximum Gasteiger partial charge on any atom is 0.143 e. The third kappa shape index (κ3) is 3.66. The Bertz CT molecular complexity index is 1360. The zero-order chi connectivity index (χ0) is 21.2.